The van der Waals surface area contributed by atoms with E-state index < -0.39 is 0 Å². The fraction of sp³-hybridized carbons (Fsp3) is 0.722. The van der Waals surface area contributed by atoms with Gasteiger partial charge in [0.15, 0.2) is 0 Å². The Labute approximate surface area is 142 Å². The molecule has 0 aliphatic carbocycles. The molecule has 3 aliphatic heterocycles. The fourth-order valence-corrected chi connectivity index (χ4v) is 4.29. The predicted octanol–water partition coefficient (Wildman–Crippen LogP) is 1.37. The van der Waals surface area contributed by atoms with Gasteiger partial charge < -0.3 is 18.8 Å². The highest BCUT2D eigenvalue weighted by Crippen LogP contribution is 2.42. The molecule has 0 unspecified atom stereocenters. The summed E-state index contributed by atoms with van der Waals surface area (Å²) in [6.07, 6.45) is 3.96. The van der Waals surface area contributed by atoms with Gasteiger partial charge in [-0.15, -0.1) is 0 Å². The molecule has 1 amide bonds. The van der Waals surface area contributed by atoms with Crippen LogP contribution in [0.2, 0.25) is 0 Å². The van der Waals surface area contributed by atoms with Crippen molar-refractivity contribution in [3.63, 3.8) is 0 Å². The Morgan fingerprint density at radius 1 is 1.38 bits per heavy atom. The number of hydrogen-bond acceptors (Lipinski definition) is 5. The molecule has 0 aromatic carbocycles. The highest BCUT2D eigenvalue weighted by molar-refractivity contribution is 5.77. The number of carbonyl (C=O) groups is 1. The molecular formula is C18H26N2O4. The molecule has 0 bridgehead atoms. The van der Waals surface area contributed by atoms with Crippen LogP contribution in [-0.4, -0.2) is 68.3 Å². The van der Waals surface area contributed by atoms with E-state index in [0.29, 0.717) is 12.5 Å². The van der Waals surface area contributed by atoms with Crippen molar-refractivity contribution in [2.45, 2.75) is 19.4 Å². The van der Waals surface area contributed by atoms with E-state index in [1.165, 1.54) is 0 Å². The monoisotopic (exact) mass is 334 g/mol. The van der Waals surface area contributed by atoms with Gasteiger partial charge in [0, 0.05) is 37.5 Å². The van der Waals surface area contributed by atoms with Gasteiger partial charge >= 0.3 is 0 Å². The first-order chi connectivity index (χ1) is 11.8. The maximum Gasteiger partial charge on any atom is 0.248 e. The largest absolute Gasteiger partial charge is 0.468 e. The molecule has 0 saturated carbocycles. The minimum absolute atomic E-state index is 0.0257. The van der Waals surface area contributed by atoms with Gasteiger partial charge in [0.1, 0.15) is 12.4 Å². The third-order valence-electron chi connectivity index (χ3n) is 5.63. The van der Waals surface area contributed by atoms with Crippen LogP contribution in [-0.2, 0) is 20.8 Å². The molecule has 24 heavy (non-hydrogen) atoms. The normalized spacial score (nSPS) is 30.2. The van der Waals surface area contributed by atoms with E-state index in [-0.39, 0.29) is 17.9 Å². The third kappa shape index (κ3) is 3.23. The summed E-state index contributed by atoms with van der Waals surface area (Å²) < 4.78 is 17.1. The minimum atomic E-state index is 0.0257. The predicted molar refractivity (Wildman–Crippen MR) is 87.4 cm³/mol. The zero-order valence-electron chi connectivity index (χ0n) is 14.1. The lowest BCUT2D eigenvalue weighted by molar-refractivity contribution is -0.136. The molecule has 3 aliphatic rings. The average Bonchev–Trinajstić information content (AvgIpc) is 3.32. The zero-order chi connectivity index (χ0) is 16.4. The van der Waals surface area contributed by atoms with E-state index in [1.54, 1.807) is 6.26 Å². The maximum absolute atomic E-state index is 12.1. The molecule has 3 saturated heterocycles. The van der Waals surface area contributed by atoms with E-state index in [4.69, 9.17) is 13.9 Å². The van der Waals surface area contributed by atoms with Crippen molar-refractivity contribution < 1.29 is 18.7 Å². The van der Waals surface area contributed by atoms with Gasteiger partial charge in [-0.05, 0) is 25.0 Å². The highest BCUT2D eigenvalue weighted by Gasteiger charge is 2.50. The molecular weight excluding hydrogens is 308 g/mol. The van der Waals surface area contributed by atoms with Crippen molar-refractivity contribution in [1.29, 1.82) is 0 Å². The summed E-state index contributed by atoms with van der Waals surface area (Å²) in [5, 5.41) is 0. The second-order valence-corrected chi connectivity index (χ2v) is 7.40. The lowest BCUT2D eigenvalue weighted by atomic mass is 9.82. The summed E-state index contributed by atoms with van der Waals surface area (Å²) in [5.74, 6) is 1.61. The average molecular weight is 334 g/mol. The molecule has 0 radical (unpaired) electrons. The molecule has 4 heterocycles. The number of ether oxygens (including phenoxy) is 2. The molecule has 0 N–H and O–H groups in total. The molecule has 1 aromatic heterocycles. The van der Waals surface area contributed by atoms with Crippen LogP contribution in [0.15, 0.2) is 22.8 Å². The smallest absolute Gasteiger partial charge is 0.248 e. The van der Waals surface area contributed by atoms with Crippen molar-refractivity contribution >= 4 is 5.91 Å². The van der Waals surface area contributed by atoms with Gasteiger partial charge in [0.05, 0.1) is 32.6 Å². The van der Waals surface area contributed by atoms with E-state index in [2.05, 4.69) is 4.90 Å². The molecule has 6 nitrogen and oxygen atoms in total. The molecule has 132 valence electrons. The van der Waals surface area contributed by atoms with Crippen molar-refractivity contribution in [3.05, 3.63) is 24.2 Å². The zero-order valence-corrected chi connectivity index (χ0v) is 14.1. The third-order valence-corrected chi connectivity index (χ3v) is 5.63. The minimum Gasteiger partial charge on any atom is -0.468 e. The van der Waals surface area contributed by atoms with Gasteiger partial charge in [0.2, 0.25) is 5.91 Å². The van der Waals surface area contributed by atoms with Crippen molar-refractivity contribution in [3.8, 4) is 0 Å². The van der Waals surface area contributed by atoms with Crippen LogP contribution >= 0.6 is 0 Å². The first kappa shape index (κ1) is 16.1. The van der Waals surface area contributed by atoms with Crippen LogP contribution < -0.4 is 0 Å². The van der Waals surface area contributed by atoms with Gasteiger partial charge in [-0.2, -0.15) is 0 Å². The Kier molecular flexibility index (Phi) is 4.61. The van der Waals surface area contributed by atoms with Gasteiger partial charge in [-0.3, -0.25) is 9.69 Å². The fourth-order valence-electron chi connectivity index (χ4n) is 4.29. The number of amides is 1. The number of carbonyl (C=O) groups excluding carboxylic acids is 1. The molecule has 0 spiro atoms. The maximum atomic E-state index is 12.1. The number of furan rings is 1. The Balaban J connectivity index is 1.30. The Morgan fingerprint density at radius 3 is 3.04 bits per heavy atom. The number of likely N-dealkylation sites (tertiary alicyclic amines) is 2. The summed E-state index contributed by atoms with van der Waals surface area (Å²) in [6, 6.07) is 3.95. The Bertz CT molecular complexity index is 555. The van der Waals surface area contributed by atoms with E-state index in [0.717, 1.165) is 64.5 Å². The first-order valence-electron chi connectivity index (χ1n) is 8.93. The van der Waals surface area contributed by atoms with E-state index >= 15 is 0 Å². The van der Waals surface area contributed by atoms with Crippen LogP contribution in [0.25, 0.3) is 0 Å². The number of nitrogens with zero attached hydrogens (tertiary/aromatic N) is 2. The van der Waals surface area contributed by atoms with Gasteiger partial charge in [-0.25, -0.2) is 0 Å². The molecule has 6 heteroatoms. The van der Waals surface area contributed by atoms with E-state index in [1.807, 2.05) is 17.0 Å². The topological polar surface area (TPSA) is 55.2 Å². The van der Waals surface area contributed by atoms with Gasteiger partial charge in [0.25, 0.3) is 0 Å². The summed E-state index contributed by atoms with van der Waals surface area (Å²) in [6.45, 7) is 6.87. The summed E-state index contributed by atoms with van der Waals surface area (Å²) in [7, 11) is 0. The Hall–Kier alpha value is -1.37. The molecule has 3 fully saturated rings. The summed E-state index contributed by atoms with van der Waals surface area (Å²) in [4.78, 5) is 16.5. The lowest BCUT2D eigenvalue weighted by Gasteiger charge is -2.27. The van der Waals surface area contributed by atoms with Crippen LogP contribution in [0.4, 0.5) is 0 Å². The summed E-state index contributed by atoms with van der Waals surface area (Å²) >= 11 is 0. The molecule has 2 atom stereocenters. The first-order valence-corrected chi connectivity index (χ1v) is 8.93. The number of hydrogen-bond donors (Lipinski definition) is 0. The Morgan fingerprint density at radius 2 is 2.25 bits per heavy atom. The standard InChI is InChI=1S/C18H26N2O4/c21-17(20-5-1-2-6-20)11-23-14-18-12-19(8-15(18)10-22-13-18)9-16-4-3-7-24-16/h3-4,7,15H,1-2,5-6,8-14H2/t15-,18+/m0/s1. The van der Waals surface area contributed by atoms with Crippen LogP contribution in [0.1, 0.15) is 18.6 Å². The van der Waals surface area contributed by atoms with Crippen molar-refractivity contribution in [2.75, 3.05) is 52.6 Å². The number of fused-ring (bicyclic) bond motifs is 1. The molecule has 4 rings (SSSR count). The second kappa shape index (κ2) is 6.86. The van der Waals surface area contributed by atoms with Crippen LogP contribution in [0, 0.1) is 11.3 Å². The SMILES string of the molecule is O=C(COC[C@@]12COC[C@@H]1CN(Cc1ccco1)C2)N1CCCC1. The van der Waals surface area contributed by atoms with Crippen molar-refractivity contribution in [2.24, 2.45) is 11.3 Å². The van der Waals surface area contributed by atoms with Crippen LogP contribution in [0.3, 0.4) is 0 Å². The van der Waals surface area contributed by atoms with E-state index in [9.17, 15) is 4.79 Å². The lowest BCUT2D eigenvalue weighted by Crippen LogP contribution is -2.38. The second-order valence-electron chi connectivity index (χ2n) is 7.40. The van der Waals surface area contributed by atoms with Crippen molar-refractivity contribution in [1.82, 2.24) is 9.80 Å². The van der Waals surface area contributed by atoms with Gasteiger partial charge in [-0.1, -0.05) is 0 Å². The highest BCUT2D eigenvalue weighted by atomic mass is 16.5. The number of rotatable bonds is 6. The summed E-state index contributed by atoms with van der Waals surface area (Å²) in [5.41, 5.74) is 0.0257. The quantitative estimate of drug-likeness (QED) is 0.786. The molecule has 1 aromatic rings. The van der Waals surface area contributed by atoms with Crippen LogP contribution in [0.5, 0.6) is 0 Å².